The van der Waals surface area contributed by atoms with E-state index in [4.69, 9.17) is 0 Å². The Balaban J connectivity index is 1.80. The lowest BCUT2D eigenvalue weighted by molar-refractivity contribution is 0.991. The Hall–Kier alpha value is -3.53. The second-order valence-electron chi connectivity index (χ2n) is 6.53. The van der Waals surface area contributed by atoms with Gasteiger partial charge in [0.25, 0.3) is 0 Å². The summed E-state index contributed by atoms with van der Waals surface area (Å²) in [5.74, 6) is 0.718. The first kappa shape index (κ1) is 16.9. The van der Waals surface area contributed by atoms with Gasteiger partial charge in [0.05, 0.1) is 11.4 Å². The third kappa shape index (κ3) is 3.55. The Morgan fingerprint density at radius 3 is 2.15 bits per heavy atom. The number of H-pyrrole nitrogens is 1. The first-order valence-corrected chi connectivity index (χ1v) is 8.97. The van der Waals surface area contributed by atoms with E-state index < -0.39 is 0 Å². The van der Waals surface area contributed by atoms with Gasteiger partial charge in [-0.1, -0.05) is 78.4 Å². The predicted octanol–water partition coefficient (Wildman–Crippen LogP) is 4.75. The van der Waals surface area contributed by atoms with Gasteiger partial charge in [0.2, 0.25) is 0 Å². The molecule has 0 atom stereocenters. The van der Waals surface area contributed by atoms with Crippen molar-refractivity contribution in [1.82, 2.24) is 9.55 Å². The van der Waals surface area contributed by atoms with Crippen LogP contribution in [0.2, 0.25) is 0 Å². The molecular formula is C23H21N3O. The zero-order valence-corrected chi connectivity index (χ0v) is 15.1. The molecule has 0 aliphatic carbocycles. The summed E-state index contributed by atoms with van der Waals surface area (Å²) in [6.45, 7) is 2.67. The van der Waals surface area contributed by atoms with Gasteiger partial charge in [0, 0.05) is 12.1 Å². The van der Waals surface area contributed by atoms with Crippen LogP contribution in [0, 0.1) is 6.92 Å². The highest BCUT2D eigenvalue weighted by Gasteiger charge is 2.17. The zero-order chi connectivity index (χ0) is 18.6. The SMILES string of the molecule is Cc1ccc(-n2c(-c3ccccc3)c(NCc3ccccc3)[nH]c2=O)cc1. The fraction of sp³-hybridized carbons (Fsp3) is 0.0870. The number of anilines is 1. The smallest absolute Gasteiger partial charge is 0.332 e. The predicted molar refractivity (Wildman–Crippen MR) is 110 cm³/mol. The number of imidazole rings is 1. The number of rotatable bonds is 5. The van der Waals surface area contributed by atoms with Gasteiger partial charge in [-0.05, 0) is 24.6 Å². The molecule has 0 unspecified atom stereocenters. The molecular weight excluding hydrogens is 334 g/mol. The van der Waals surface area contributed by atoms with Crippen LogP contribution in [0.25, 0.3) is 16.9 Å². The molecule has 0 aliphatic rings. The lowest BCUT2D eigenvalue weighted by Gasteiger charge is -2.11. The van der Waals surface area contributed by atoms with E-state index in [9.17, 15) is 4.79 Å². The maximum Gasteiger partial charge on any atom is 0.332 e. The molecule has 27 heavy (non-hydrogen) atoms. The maximum absolute atomic E-state index is 12.8. The summed E-state index contributed by atoms with van der Waals surface area (Å²) in [4.78, 5) is 15.8. The minimum absolute atomic E-state index is 0.159. The Morgan fingerprint density at radius 2 is 1.48 bits per heavy atom. The number of nitrogens with zero attached hydrogens (tertiary/aromatic N) is 1. The van der Waals surface area contributed by atoms with Crippen molar-refractivity contribution < 1.29 is 0 Å². The van der Waals surface area contributed by atoms with Gasteiger partial charge in [-0.2, -0.15) is 0 Å². The summed E-state index contributed by atoms with van der Waals surface area (Å²) < 4.78 is 1.72. The topological polar surface area (TPSA) is 49.8 Å². The molecule has 3 aromatic carbocycles. The molecule has 4 rings (SSSR count). The van der Waals surface area contributed by atoms with Crippen LogP contribution < -0.4 is 11.0 Å². The Labute approximate surface area is 158 Å². The molecule has 1 heterocycles. The van der Waals surface area contributed by atoms with Crippen LogP contribution in [-0.2, 0) is 6.54 Å². The van der Waals surface area contributed by atoms with Gasteiger partial charge in [-0.25, -0.2) is 4.79 Å². The first-order chi connectivity index (χ1) is 13.2. The molecule has 0 bridgehead atoms. The molecule has 4 heteroatoms. The zero-order valence-electron chi connectivity index (χ0n) is 15.1. The maximum atomic E-state index is 12.8. The fourth-order valence-corrected chi connectivity index (χ4v) is 3.16. The minimum atomic E-state index is -0.159. The van der Waals surface area contributed by atoms with Gasteiger partial charge < -0.3 is 5.32 Å². The molecule has 0 amide bonds. The number of aromatic nitrogens is 2. The van der Waals surface area contributed by atoms with Gasteiger partial charge >= 0.3 is 5.69 Å². The minimum Gasteiger partial charge on any atom is -0.366 e. The van der Waals surface area contributed by atoms with E-state index in [0.29, 0.717) is 6.54 Å². The van der Waals surface area contributed by atoms with E-state index >= 15 is 0 Å². The molecule has 0 saturated heterocycles. The Morgan fingerprint density at radius 1 is 0.852 bits per heavy atom. The molecule has 4 nitrogen and oxygen atoms in total. The second kappa shape index (κ2) is 7.38. The van der Waals surface area contributed by atoms with Crippen LogP contribution in [-0.4, -0.2) is 9.55 Å². The summed E-state index contributed by atoms with van der Waals surface area (Å²) in [6, 6.07) is 28.1. The molecule has 134 valence electrons. The fourth-order valence-electron chi connectivity index (χ4n) is 3.16. The molecule has 4 aromatic rings. The third-order valence-corrected chi connectivity index (χ3v) is 4.55. The van der Waals surface area contributed by atoms with Gasteiger partial charge in [-0.15, -0.1) is 0 Å². The average Bonchev–Trinajstić information content (AvgIpc) is 3.04. The number of hydrogen-bond donors (Lipinski definition) is 2. The molecule has 0 fully saturated rings. The molecule has 0 spiro atoms. The van der Waals surface area contributed by atoms with E-state index in [1.165, 1.54) is 0 Å². The monoisotopic (exact) mass is 355 g/mol. The highest BCUT2D eigenvalue weighted by atomic mass is 16.1. The van der Waals surface area contributed by atoms with Crippen molar-refractivity contribution in [3.63, 3.8) is 0 Å². The molecule has 0 saturated carbocycles. The van der Waals surface area contributed by atoms with E-state index in [2.05, 4.69) is 22.4 Å². The van der Waals surface area contributed by atoms with Crippen molar-refractivity contribution in [1.29, 1.82) is 0 Å². The van der Waals surface area contributed by atoms with Gasteiger partial charge in [-0.3, -0.25) is 9.55 Å². The van der Waals surface area contributed by atoms with E-state index in [1.54, 1.807) is 4.57 Å². The number of benzene rings is 3. The third-order valence-electron chi connectivity index (χ3n) is 4.55. The summed E-state index contributed by atoms with van der Waals surface area (Å²) in [5, 5.41) is 3.39. The molecule has 0 aliphatic heterocycles. The average molecular weight is 355 g/mol. The van der Waals surface area contributed by atoms with E-state index in [1.807, 2.05) is 79.7 Å². The standard InChI is InChI=1S/C23H21N3O/c1-17-12-14-20(15-13-17)26-21(19-10-6-3-7-11-19)22(25-23(26)27)24-16-18-8-4-2-5-9-18/h2-15,24H,16H2,1H3,(H,25,27). The summed E-state index contributed by atoms with van der Waals surface area (Å²) >= 11 is 0. The van der Waals surface area contributed by atoms with Crippen molar-refractivity contribution in [2.45, 2.75) is 13.5 Å². The first-order valence-electron chi connectivity index (χ1n) is 8.97. The molecule has 0 radical (unpaired) electrons. The largest absolute Gasteiger partial charge is 0.366 e. The van der Waals surface area contributed by atoms with Gasteiger partial charge in [0.15, 0.2) is 0 Å². The van der Waals surface area contributed by atoms with Crippen LogP contribution in [0.5, 0.6) is 0 Å². The summed E-state index contributed by atoms with van der Waals surface area (Å²) in [6.07, 6.45) is 0. The number of aryl methyl sites for hydroxylation is 1. The van der Waals surface area contributed by atoms with Gasteiger partial charge in [0.1, 0.15) is 5.82 Å². The quantitative estimate of drug-likeness (QED) is 0.543. The van der Waals surface area contributed by atoms with E-state index in [0.717, 1.165) is 33.9 Å². The summed E-state index contributed by atoms with van der Waals surface area (Å²) in [7, 11) is 0. The van der Waals surface area contributed by atoms with Crippen molar-refractivity contribution in [3.8, 4) is 16.9 Å². The number of nitrogens with one attached hydrogen (secondary N) is 2. The van der Waals surface area contributed by atoms with Crippen LogP contribution >= 0.6 is 0 Å². The normalized spacial score (nSPS) is 10.7. The lowest BCUT2D eigenvalue weighted by Crippen LogP contribution is -2.15. The number of hydrogen-bond acceptors (Lipinski definition) is 2. The summed E-state index contributed by atoms with van der Waals surface area (Å²) in [5.41, 5.74) is 4.81. The van der Waals surface area contributed by atoms with Crippen molar-refractivity contribution in [2.24, 2.45) is 0 Å². The van der Waals surface area contributed by atoms with Crippen LogP contribution in [0.15, 0.2) is 89.7 Å². The Kier molecular flexibility index (Phi) is 4.62. The van der Waals surface area contributed by atoms with Crippen LogP contribution in [0.4, 0.5) is 5.82 Å². The highest BCUT2D eigenvalue weighted by molar-refractivity contribution is 5.74. The second-order valence-corrected chi connectivity index (χ2v) is 6.53. The lowest BCUT2D eigenvalue weighted by atomic mass is 10.1. The van der Waals surface area contributed by atoms with Crippen LogP contribution in [0.1, 0.15) is 11.1 Å². The van der Waals surface area contributed by atoms with Crippen LogP contribution in [0.3, 0.4) is 0 Å². The number of aromatic amines is 1. The highest BCUT2D eigenvalue weighted by Crippen LogP contribution is 2.28. The van der Waals surface area contributed by atoms with Crippen molar-refractivity contribution >= 4 is 5.82 Å². The van der Waals surface area contributed by atoms with E-state index in [-0.39, 0.29) is 5.69 Å². The molecule has 1 aromatic heterocycles. The van der Waals surface area contributed by atoms with Crippen molar-refractivity contribution in [2.75, 3.05) is 5.32 Å². The Bertz CT molecular complexity index is 1080. The van der Waals surface area contributed by atoms with Crippen molar-refractivity contribution in [3.05, 3.63) is 107 Å². The molecule has 2 N–H and O–H groups in total.